The van der Waals surface area contributed by atoms with Crippen LogP contribution >= 0.6 is 0 Å². The number of carbonyl (C=O) groups is 2. The minimum Gasteiger partial charge on any atom is -0.465 e. The first-order valence-corrected chi connectivity index (χ1v) is 9.98. The van der Waals surface area contributed by atoms with Crippen molar-refractivity contribution in [2.45, 2.75) is 91.6 Å². The first-order chi connectivity index (χ1) is 12.0. The summed E-state index contributed by atoms with van der Waals surface area (Å²) in [6.45, 7) is 9.04. The number of esters is 2. The van der Waals surface area contributed by atoms with Crippen LogP contribution in [0, 0.1) is 11.8 Å². The fourth-order valence-electron chi connectivity index (χ4n) is 2.60. The summed E-state index contributed by atoms with van der Waals surface area (Å²) in [5, 5.41) is 9.84. The molecule has 0 aromatic carbocycles. The first kappa shape index (κ1) is 23.9. The SMILES string of the molecule is CCCC[C@@H](CC)COC(=O)C[C@H](O)C(=O)OC[C@@H](CC)CCCC. The normalized spacial score (nSPS) is 14.6. The van der Waals surface area contributed by atoms with Gasteiger partial charge in [-0.15, -0.1) is 0 Å². The molecule has 0 aliphatic rings. The highest BCUT2D eigenvalue weighted by molar-refractivity contribution is 5.81. The van der Waals surface area contributed by atoms with Crippen molar-refractivity contribution in [1.82, 2.24) is 0 Å². The average molecular weight is 359 g/mol. The van der Waals surface area contributed by atoms with Gasteiger partial charge in [-0.2, -0.15) is 0 Å². The van der Waals surface area contributed by atoms with Crippen LogP contribution in [0.5, 0.6) is 0 Å². The predicted molar refractivity (Wildman–Crippen MR) is 99.2 cm³/mol. The lowest BCUT2D eigenvalue weighted by Gasteiger charge is -2.17. The number of hydrogen-bond donors (Lipinski definition) is 1. The minimum atomic E-state index is -1.44. The molecule has 5 heteroatoms. The second-order valence-electron chi connectivity index (χ2n) is 6.87. The molecule has 0 amide bonds. The van der Waals surface area contributed by atoms with E-state index < -0.39 is 18.0 Å². The van der Waals surface area contributed by atoms with Gasteiger partial charge in [0.2, 0.25) is 0 Å². The molecule has 0 aliphatic heterocycles. The smallest absolute Gasteiger partial charge is 0.335 e. The van der Waals surface area contributed by atoms with E-state index in [9.17, 15) is 14.7 Å². The molecule has 0 aliphatic carbocycles. The fraction of sp³-hybridized carbons (Fsp3) is 0.900. The Bertz CT molecular complexity index is 356. The topological polar surface area (TPSA) is 72.8 Å². The van der Waals surface area contributed by atoms with Gasteiger partial charge in [0.25, 0.3) is 0 Å². The summed E-state index contributed by atoms with van der Waals surface area (Å²) in [5.41, 5.74) is 0. The van der Waals surface area contributed by atoms with Gasteiger partial charge >= 0.3 is 11.9 Å². The third-order valence-corrected chi connectivity index (χ3v) is 4.66. The number of aliphatic hydroxyl groups excluding tert-OH is 1. The van der Waals surface area contributed by atoms with E-state index in [1.807, 2.05) is 0 Å². The number of hydrogen-bond acceptors (Lipinski definition) is 5. The lowest BCUT2D eigenvalue weighted by Crippen LogP contribution is -2.29. The van der Waals surface area contributed by atoms with Gasteiger partial charge in [0, 0.05) is 0 Å². The molecule has 148 valence electrons. The van der Waals surface area contributed by atoms with E-state index in [1.165, 1.54) is 0 Å². The molecule has 0 bridgehead atoms. The molecular formula is C20H38O5. The van der Waals surface area contributed by atoms with Gasteiger partial charge < -0.3 is 14.6 Å². The molecule has 0 saturated heterocycles. The van der Waals surface area contributed by atoms with Crippen LogP contribution < -0.4 is 0 Å². The van der Waals surface area contributed by atoms with Crippen LogP contribution in [-0.4, -0.2) is 36.4 Å². The molecule has 0 unspecified atom stereocenters. The quantitative estimate of drug-likeness (QED) is 0.443. The van der Waals surface area contributed by atoms with Crippen LogP contribution in [0.15, 0.2) is 0 Å². The maximum Gasteiger partial charge on any atom is 0.335 e. The molecule has 0 fully saturated rings. The number of unbranched alkanes of at least 4 members (excludes halogenated alkanes) is 2. The zero-order chi connectivity index (χ0) is 19.1. The predicted octanol–water partition coefficient (Wildman–Crippen LogP) is 4.26. The largest absolute Gasteiger partial charge is 0.465 e. The standard InChI is InChI=1S/C20H38O5/c1-5-9-11-16(7-3)14-24-19(22)13-18(21)20(23)25-15-17(8-4)12-10-6-2/h16-18,21H,5-15H2,1-4H3/t16-,17+,18+/m1/s1. The monoisotopic (exact) mass is 358 g/mol. The number of carbonyl (C=O) groups excluding carboxylic acids is 2. The molecule has 0 rings (SSSR count). The van der Waals surface area contributed by atoms with E-state index in [0.29, 0.717) is 25.0 Å². The number of aliphatic hydroxyl groups is 1. The Balaban J connectivity index is 4.09. The second kappa shape index (κ2) is 15.2. The van der Waals surface area contributed by atoms with Crippen molar-refractivity contribution in [1.29, 1.82) is 0 Å². The van der Waals surface area contributed by atoms with Crippen LogP contribution in [0.4, 0.5) is 0 Å². The maximum atomic E-state index is 11.8. The Hall–Kier alpha value is -1.10. The van der Waals surface area contributed by atoms with Gasteiger partial charge in [-0.05, 0) is 24.7 Å². The van der Waals surface area contributed by atoms with Gasteiger partial charge in [-0.3, -0.25) is 4.79 Å². The molecule has 5 nitrogen and oxygen atoms in total. The second-order valence-corrected chi connectivity index (χ2v) is 6.87. The number of ether oxygens (including phenoxy) is 2. The summed E-state index contributed by atoms with van der Waals surface area (Å²) in [7, 11) is 0. The van der Waals surface area contributed by atoms with E-state index in [1.54, 1.807) is 0 Å². The minimum absolute atomic E-state index is 0.302. The van der Waals surface area contributed by atoms with Crippen LogP contribution in [-0.2, 0) is 19.1 Å². The third kappa shape index (κ3) is 12.0. The Kier molecular flexibility index (Phi) is 14.5. The molecule has 25 heavy (non-hydrogen) atoms. The van der Waals surface area contributed by atoms with Gasteiger partial charge in [0.15, 0.2) is 6.10 Å². The van der Waals surface area contributed by atoms with Crippen molar-refractivity contribution >= 4 is 11.9 Å². The lowest BCUT2D eigenvalue weighted by molar-refractivity contribution is -0.161. The molecule has 0 aromatic rings. The summed E-state index contributed by atoms with van der Waals surface area (Å²) in [6, 6.07) is 0. The van der Waals surface area contributed by atoms with Crippen molar-refractivity contribution in [2.24, 2.45) is 11.8 Å². The number of rotatable bonds is 15. The van der Waals surface area contributed by atoms with E-state index in [2.05, 4.69) is 27.7 Å². The van der Waals surface area contributed by atoms with Gasteiger partial charge in [0.1, 0.15) is 0 Å². The van der Waals surface area contributed by atoms with Crippen LogP contribution in [0.2, 0.25) is 0 Å². The van der Waals surface area contributed by atoms with Crippen molar-refractivity contribution < 1.29 is 24.2 Å². The maximum absolute atomic E-state index is 11.8. The van der Waals surface area contributed by atoms with E-state index >= 15 is 0 Å². The molecule has 0 heterocycles. The van der Waals surface area contributed by atoms with E-state index in [-0.39, 0.29) is 6.42 Å². The van der Waals surface area contributed by atoms with Crippen molar-refractivity contribution in [3.63, 3.8) is 0 Å². The van der Waals surface area contributed by atoms with E-state index in [0.717, 1.165) is 51.4 Å². The molecule has 0 aromatic heterocycles. The third-order valence-electron chi connectivity index (χ3n) is 4.66. The van der Waals surface area contributed by atoms with Crippen LogP contribution in [0.1, 0.15) is 85.5 Å². The zero-order valence-corrected chi connectivity index (χ0v) is 16.6. The van der Waals surface area contributed by atoms with Gasteiger partial charge in [-0.25, -0.2) is 4.79 Å². The summed E-state index contributed by atoms with van der Waals surface area (Å²) in [6.07, 6.45) is 6.58. The Morgan fingerprint density at radius 2 is 1.32 bits per heavy atom. The Morgan fingerprint density at radius 3 is 1.76 bits per heavy atom. The molecule has 0 saturated carbocycles. The molecule has 0 spiro atoms. The van der Waals surface area contributed by atoms with E-state index in [4.69, 9.17) is 9.47 Å². The van der Waals surface area contributed by atoms with Gasteiger partial charge in [0.05, 0.1) is 19.6 Å². The van der Waals surface area contributed by atoms with Crippen LogP contribution in [0.25, 0.3) is 0 Å². The molecule has 1 N–H and O–H groups in total. The highest BCUT2D eigenvalue weighted by Gasteiger charge is 2.23. The lowest BCUT2D eigenvalue weighted by atomic mass is 10.0. The van der Waals surface area contributed by atoms with Crippen LogP contribution in [0.3, 0.4) is 0 Å². The molecular weight excluding hydrogens is 320 g/mol. The summed E-state index contributed by atoms with van der Waals surface area (Å²) in [5.74, 6) is -0.619. The average Bonchev–Trinajstić information content (AvgIpc) is 2.61. The Labute approximate surface area is 153 Å². The highest BCUT2D eigenvalue weighted by Crippen LogP contribution is 2.15. The van der Waals surface area contributed by atoms with Crippen molar-refractivity contribution in [2.75, 3.05) is 13.2 Å². The summed E-state index contributed by atoms with van der Waals surface area (Å²) < 4.78 is 10.4. The van der Waals surface area contributed by atoms with Crippen molar-refractivity contribution in [3.05, 3.63) is 0 Å². The highest BCUT2D eigenvalue weighted by atomic mass is 16.6. The Morgan fingerprint density at radius 1 is 0.840 bits per heavy atom. The zero-order valence-electron chi connectivity index (χ0n) is 16.6. The molecule has 3 atom stereocenters. The molecule has 0 radical (unpaired) electrons. The first-order valence-electron chi connectivity index (χ1n) is 9.98. The summed E-state index contributed by atoms with van der Waals surface area (Å²) in [4.78, 5) is 23.6. The van der Waals surface area contributed by atoms with Gasteiger partial charge in [-0.1, -0.05) is 66.2 Å². The summed E-state index contributed by atoms with van der Waals surface area (Å²) >= 11 is 0. The fourth-order valence-corrected chi connectivity index (χ4v) is 2.60. The van der Waals surface area contributed by atoms with Crippen molar-refractivity contribution in [3.8, 4) is 0 Å².